The SMILES string of the molecule is COCc1cccc(CNc2nc(N)cc(Br)n2)c1. The molecule has 1 heterocycles. The van der Waals surface area contributed by atoms with E-state index in [1.807, 2.05) is 18.2 Å². The lowest BCUT2D eigenvalue weighted by molar-refractivity contribution is 0.185. The van der Waals surface area contributed by atoms with Gasteiger partial charge in [-0.1, -0.05) is 24.3 Å². The maximum atomic E-state index is 5.65. The molecule has 5 nitrogen and oxygen atoms in total. The molecule has 0 saturated carbocycles. The Labute approximate surface area is 120 Å². The Morgan fingerprint density at radius 3 is 2.79 bits per heavy atom. The molecular weight excluding hydrogens is 308 g/mol. The van der Waals surface area contributed by atoms with Crippen molar-refractivity contribution in [2.75, 3.05) is 18.2 Å². The lowest BCUT2D eigenvalue weighted by atomic mass is 10.1. The van der Waals surface area contributed by atoms with Gasteiger partial charge in [-0.3, -0.25) is 0 Å². The van der Waals surface area contributed by atoms with E-state index in [0.717, 1.165) is 11.1 Å². The molecule has 0 aliphatic heterocycles. The molecule has 0 unspecified atom stereocenters. The fourth-order valence-corrected chi connectivity index (χ4v) is 2.09. The summed E-state index contributed by atoms with van der Waals surface area (Å²) >= 11 is 3.28. The van der Waals surface area contributed by atoms with E-state index in [0.29, 0.717) is 29.5 Å². The molecular formula is C13H15BrN4O. The van der Waals surface area contributed by atoms with Crippen LogP contribution >= 0.6 is 15.9 Å². The molecule has 19 heavy (non-hydrogen) atoms. The highest BCUT2D eigenvalue weighted by Gasteiger charge is 2.01. The average Bonchev–Trinajstić information content (AvgIpc) is 2.36. The number of aromatic nitrogens is 2. The van der Waals surface area contributed by atoms with Gasteiger partial charge in [0, 0.05) is 19.7 Å². The zero-order valence-corrected chi connectivity index (χ0v) is 12.1. The number of methoxy groups -OCH3 is 1. The maximum Gasteiger partial charge on any atom is 0.225 e. The molecule has 1 aromatic heterocycles. The predicted octanol–water partition coefficient (Wildman–Crippen LogP) is 2.58. The molecule has 0 bridgehead atoms. The molecule has 3 N–H and O–H groups in total. The third-order valence-corrected chi connectivity index (χ3v) is 2.87. The van der Waals surface area contributed by atoms with Gasteiger partial charge in [0.25, 0.3) is 0 Å². The number of nitrogens with two attached hydrogens (primary N) is 1. The summed E-state index contributed by atoms with van der Waals surface area (Å²) in [5.74, 6) is 0.932. The van der Waals surface area contributed by atoms with Crippen LogP contribution in [0.3, 0.4) is 0 Å². The second kappa shape index (κ2) is 6.49. The molecule has 2 rings (SSSR count). The average molecular weight is 323 g/mol. The van der Waals surface area contributed by atoms with Gasteiger partial charge in [0.1, 0.15) is 10.4 Å². The minimum absolute atomic E-state index is 0.428. The number of anilines is 2. The van der Waals surface area contributed by atoms with Gasteiger partial charge >= 0.3 is 0 Å². The molecule has 0 aliphatic rings. The highest BCUT2D eigenvalue weighted by Crippen LogP contribution is 2.13. The smallest absolute Gasteiger partial charge is 0.225 e. The van der Waals surface area contributed by atoms with Crippen LogP contribution in [-0.2, 0) is 17.9 Å². The summed E-state index contributed by atoms with van der Waals surface area (Å²) in [6.45, 7) is 1.24. The third-order valence-electron chi connectivity index (χ3n) is 2.47. The molecule has 0 amide bonds. The van der Waals surface area contributed by atoms with Crippen molar-refractivity contribution >= 4 is 27.7 Å². The molecule has 2 aromatic rings. The lowest BCUT2D eigenvalue weighted by Gasteiger charge is -2.07. The van der Waals surface area contributed by atoms with E-state index in [9.17, 15) is 0 Å². The molecule has 6 heteroatoms. The molecule has 0 fully saturated rings. The summed E-state index contributed by atoms with van der Waals surface area (Å²) < 4.78 is 5.77. The Hall–Kier alpha value is -1.66. The first-order chi connectivity index (χ1) is 9.17. The van der Waals surface area contributed by atoms with E-state index in [1.165, 1.54) is 0 Å². The Kier molecular flexibility index (Phi) is 4.70. The van der Waals surface area contributed by atoms with Crippen molar-refractivity contribution in [2.45, 2.75) is 13.2 Å². The van der Waals surface area contributed by atoms with Crippen molar-refractivity contribution in [3.63, 3.8) is 0 Å². The monoisotopic (exact) mass is 322 g/mol. The Morgan fingerprint density at radius 1 is 1.26 bits per heavy atom. The van der Waals surface area contributed by atoms with Crippen molar-refractivity contribution < 1.29 is 4.74 Å². The number of halogens is 1. The number of rotatable bonds is 5. The summed E-state index contributed by atoms with van der Waals surface area (Å²) in [6, 6.07) is 9.80. The Morgan fingerprint density at radius 2 is 2.05 bits per heavy atom. The number of nitrogen functional groups attached to an aromatic ring is 1. The lowest BCUT2D eigenvalue weighted by Crippen LogP contribution is -2.05. The zero-order valence-electron chi connectivity index (χ0n) is 10.6. The highest BCUT2D eigenvalue weighted by molar-refractivity contribution is 9.10. The van der Waals surface area contributed by atoms with Crippen LogP contribution in [0.1, 0.15) is 11.1 Å². The summed E-state index contributed by atoms with van der Waals surface area (Å²) in [5, 5.41) is 3.14. The van der Waals surface area contributed by atoms with E-state index >= 15 is 0 Å². The third kappa shape index (κ3) is 4.18. The molecule has 1 aromatic carbocycles. The van der Waals surface area contributed by atoms with Crippen molar-refractivity contribution in [1.82, 2.24) is 9.97 Å². The summed E-state index contributed by atoms with van der Waals surface area (Å²) in [4.78, 5) is 8.31. The standard InChI is InChI=1S/C13H15BrN4O/c1-19-8-10-4-2-3-9(5-10)7-16-13-17-11(14)6-12(15)18-13/h2-6H,7-8H2,1H3,(H3,15,16,17,18). The molecule has 0 aliphatic carbocycles. The van der Waals surface area contributed by atoms with E-state index in [4.69, 9.17) is 10.5 Å². The number of nitrogens with one attached hydrogen (secondary N) is 1. The van der Waals surface area contributed by atoms with Gasteiger partial charge in [0.05, 0.1) is 6.61 Å². The Balaban J connectivity index is 2.03. The van der Waals surface area contributed by atoms with Crippen LogP contribution in [0.25, 0.3) is 0 Å². The second-order valence-corrected chi connectivity index (χ2v) is 4.86. The van der Waals surface area contributed by atoms with E-state index in [2.05, 4.69) is 37.3 Å². The van der Waals surface area contributed by atoms with Crippen molar-refractivity contribution in [3.8, 4) is 0 Å². The van der Waals surface area contributed by atoms with Crippen LogP contribution in [0.15, 0.2) is 34.9 Å². The first kappa shape index (κ1) is 13.8. The molecule has 100 valence electrons. The van der Waals surface area contributed by atoms with Gasteiger partial charge in [-0.15, -0.1) is 0 Å². The highest BCUT2D eigenvalue weighted by atomic mass is 79.9. The largest absolute Gasteiger partial charge is 0.383 e. The van der Waals surface area contributed by atoms with Gasteiger partial charge in [-0.05, 0) is 27.1 Å². The summed E-state index contributed by atoms with van der Waals surface area (Å²) in [7, 11) is 1.68. The van der Waals surface area contributed by atoms with E-state index < -0.39 is 0 Å². The van der Waals surface area contributed by atoms with E-state index in [1.54, 1.807) is 13.2 Å². The topological polar surface area (TPSA) is 73.1 Å². The first-order valence-electron chi connectivity index (χ1n) is 5.78. The van der Waals surface area contributed by atoms with Crippen LogP contribution in [0.2, 0.25) is 0 Å². The van der Waals surface area contributed by atoms with Crippen molar-refractivity contribution in [3.05, 3.63) is 46.1 Å². The Bertz CT molecular complexity index is 542. The number of benzene rings is 1. The van der Waals surface area contributed by atoms with Crippen molar-refractivity contribution in [2.24, 2.45) is 0 Å². The molecule has 0 radical (unpaired) electrons. The number of hydrogen-bond acceptors (Lipinski definition) is 5. The maximum absolute atomic E-state index is 5.65. The molecule has 0 atom stereocenters. The van der Waals surface area contributed by atoms with Gasteiger partial charge < -0.3 is 15.8 Å². The van der Waals surface area contributed by atoms with Crippen LogP contribution in [0.5, 0.6) is 0 Å². The number of ether oxygens (including phenoxy) is 1. The fraction of sp³-hybridized carbons (Fsp3) is 0.231. The molecule has 0 spiro atoms. The van der Waals surface area contributed by atoms with Gasteiger partial charge in [-0.25, -0.2) is 4.98 Å². The quantitative estimate of drug-likeness (QED) is 0.828. The zero-order chi connectivity index (χ0) is 13.7. The number of nitrogens with zero attached hydrogens (tertiary/aromatic N) is 2. The summed E-state index contributed by atoms with van der Waals surface area (Å²) in [6.07, 6.45) is 0. The summed E-state index contributed by atoms with van der Waals surface area (Å²) in [5.41, 5.74) is 7.93. The first-order valence-corrected chi connectivity index (χ1v) is 6.57. The second-order valence-electron chi connectivity index (χ2n) is 4.05. The van der Waals surface area contributed by atoms with Gasteiger partial charge in [0.15, 0.2) is 0 Å². The minimum Gasteiger partial charge on any atom is -0.383 e. The van der Waals surface area contributed by atoms with Crippen LogP contribution in [0.4, 0.5) is 11.8 Å². The van der Waals surface area contributed by atoms with Gasteiger partial charge in [-0.2, -0.15) is 4.98 Å². The van der Waals surface area contributed by atoms with Crippen LogP contribution in [-0.4, -0.2) is 17.1 Å². The van der Waals surface area contributed by atoms with Crippen LogP contribution < -0.4 is 11.1 Å². The predicted molar refractivity (Wildman–Crippen MR) is 78.6 cm³/mol. The van der Waals surface area contributed by atoms with Crippen LogP contribution in [0, 0.1) is 0 Å². The minimum atomic E-state index is 0.428. The van der Waals surface area contributed by atoms with Gasteiger partial charge in [0.2, 0.25) is 5.95 Å². The fourth-order valence-electron chi connectivity index (χ4n) is 1.69. The normalized spacial score (nSPS) is 10.4. The van der Waals surface area contributed by atoms with E-state index in [-0.39, 0.29) is 0 Å². The molecule has 0 saturated heterocycles. The van der Waals surface area contributed by atoms with Crippen molar-refractivity contribution in [1.29, 1.82) is 0 Å². The number of hydrogen-bond donors (Lipinski definition) is 2.